The molecular weight excluding hydrogens is 275 g/mol. The van der Waals surface area contributed by atoms with E-state index in [1.807, 2.05) is 6.92 Å². The quantitative estimate of drug-likeness (QED) is 0.605. The van der Waals surface area contributed by atoms with E-state index < -0.39 is 17.5 Å². The molecule has 0 bridgehead atoms. The van der Waals surface area contributed by atoms with Crippen molar-refractivity contribution in [3.05, 3.63) is 35.1 Å². The average molecular weight is 301 g/mol. The first-order chi connectivity index (χ1) is 10.0. The predicted octanol–water partition coefficient (Wildman–Crippen LogP) is 5.36. The third-order valence-electron chi connectivity index (χ3n) is 3.97. The van der Waals surface area contributed by atoms with E-state index in [2.05, 4.69) is 19.2 Å². The Balaban J connectivity index is 2.90. The topological polar surface area (TPSA) is 12.0 Å². The van der Waals surface area contributed by atoms with Gasteiger partial charge < -0.3 is 5.32 Å². The number of hydrogen-bond acceptors (Lipinski definition) is 1. The van der Waals surface area contributed by atoms with Crippen molar-refractivity contribution in [1.82, 2.24) is 5.32 Å². The smallest absolute Gasteiger partial charge is 0.194 e. The van der Waals surface area contributed by atoms with Gasteiger partial charge in [0, 0.05) is 6.04 Å². The first kappa shape index (κ1) is 18.0. The molecule has 0 aromatic heterocycles. The minimum absolute atomic E-state index is 0.138. The van der Waals surface area contributed by atoms with Crippen molar-refractivity contribution < 1.29 is 13.2 Å². The highest BCUT2D eigenvalue weighted by molar-refractivity contribution is 5.22. The fourth-order valence-corrected chi connectivity index (χ4v) is 2.67. The lowest BCUT2D eigenvalue weighted by Crippen LogP contribution is -2.24. The molecule has 0 spiro atoms. The molecule has 1 nitrogen and oxygen atoms in total. The zero-order valence-electron chi connectivity index (χ0n) is 13.2. The molecule has 0 fully saturated rings. The molecule has 0 aliphatic carbocycles. The Bertz CT molecular complexity index is 411. The van der Waals surface area contributed by atoms with Crippen LogP contribution in [0.2, 0.25) is 0 Å². The Morgan fingerprint density at radius 1 is 1.05 bits per heavy atom. The number of hydrogen-bond donors (Lipinski definition) is 1. The molecular formula is C17H26F3N. The summed E-state index contributed by atoms with van der Waals surface area (Å²) in [4.78, 5) is 0. The summed E-state index contributed by atoms with van der Waals surface area (Å²) in [7, 11) is 0. The third-order valence-corrected chi connectivity index (χ3v) is 3.97. The molecule has 0 aliphatic rings. The van der Waals surface area contributed by atoms with Crippen LogP contribution in [0.5, 0.6) is 0 Å². The maximum Gasteiger partial charge on any atom is 0.194 e. The number of unbranched alkanes of at least 4 members (excludes halogenated alkanes) is 1. The number of halogens is 3. The van der Waals surface area contributed by atoms with E-state index in [-0.39, 0.29) is 6.04 Å². The Labute approximate surface area is 125 Å². The minimum Gasteiger partial charge on any atom is -0.310 e. The van der Waals surface area contributed by atoms with Crippen LogP contribution in [0.25, 0.3) is 0 Å². The van der Waals surface area contributed by atoms with Gasteiger partial charge in [0.1, 0.15) is 0 Å². The van der Waals surface area contributed by atoms with Crippen molar-refractivity contribution in [3.63, 3.8) is 0 Å². The van der Waals surface area contributed by atoms with E-state index >= 15 is 0 Å². The van der Waals surface area contributed by atoms with Gasteiger partial charge in [0.05, 0.1) is 0 Å². The molecule has 2 atom stereocenters. The number of benzene rings is 1. The van der Waals surface area contributed by atoms with Crippen molar-refractivity contribution >= 4 is 0 Å². The summed E-state index contributed by atoms with van der Waals surface area (Å²) in [6.45, 7) is 6.94. The van der Waals surface area contributed by atoms with Crippen LogP contribution in [-0.2, 0) is 0 Å². The van der Waals surface area contributed by atoms with Crippen molar-refractivity contribution in [2.45, 2.75) is 58.9 Å². The molecule has 1 aromatic carbocycles. The van der Waals surface area contributed by atoms with Crippen molar-refractivity contribution in [1.29, 1.82) is 0 Å². The van der Waals surface area contributed by atoms with Crippen LogP contribution in [0, 0.1) is 23.4 Å². The van der Waals surface area contributed by atoms with Gasteiger partial charge in [0.25, 0.3) is 0 Å². The first-order valence-corrected chi connectivity index (χ1v) is 7.91. The average Bonchev–Trinajstić information content (AvgIpc) is 2.47. The molecule has 0 saturated carbocycles. The van der Waals surface area contributed by atoms with Gasteiger partial charge in [-0.2, -0.15) is 0 Å². The van der Waals surface area contributed by atoms with Crippen molar-refractivity contribution in [2.24, 2.45) is 5.92 Å². The summed E-state index contributed by atoms with van der Waals surface area (Å²) < 4.78 is 39.9. The lowest BCUT2D eigenvalue weighted by Gasteiger charge is -2.24. The van der Waals surface area contributed by atoms with E-state index in [0.717, 1.165) is 44.2 Å². The summed E-state index contributed by atoms with van der Waals surface area (Å²) in [5.74, 6) is -3.12. The lowest BCUT2D eigenvalue weighted by molar-refractivity contribution is 0.353. The standard InChI is InChI=1S/C17H26F3N/c1-4-7-8-12(5-2)9-16(21-6-3)13-10-14(18)17(20)15(19)11-13/h10-12,16,21H,4-9H2,1-3H3. The predicted molar refractivity (Wildman–Crippen MR) is 80.7 cm³/mol. The van der Waals surface area contributed by atoms with Crippen molar-refractivity contribution in [3.8, 4) is 0 Å². The van der Waals surface area contributed by atoms with E-state index in [1.54, 1.807) is 0 Å². The van der Waals surface area contributed by atoms with E-state index in [1.165, 1.54) is 0 Å². The normalized spacial score (nSPS) is 14.2. The Hall–Kier alpha value is -1.03. The molecule has 4 heteroatoms. The molecule has 120 valence electrons. The lowest BCUT2D eigenvalue weighted by atomic mass is 9.89. The molecule has 21 heavy (non-hydrogen) atoms. The van der Waals surface area contributed by atoms with E-state index in [4.69, 9.17) is 0 Å². The van der Waals surface area contributed by atoms with Gasteiger partial charge in [0.15, 0.2) is 17.5 Å². The van der Waals surface area contributed by atoms with Crippen LogP contribution in [0.3, 0.4) is 0 Å². The highest BCUT2D eigenvalue weighted by atomic mass is 19.2. The van der Waals surface area contributed by atoms with Crippen LogP contribution in [0.15, 0.2) is 12.1 Å². The highest BCUT2D eigenvalue weighted by Gasteiger charge is 2.20. The van der Waals surface area contributed by atoms with Crippen LogP contribution in [0.1, 0.15) is 64.5 Å². The molecule has 0 radical (unpaired) electrons. The van der Waals surface area contributed by atoms with E-state index in [9.17, 15) is 13.2 Å². The molecule has 0 saturated heterocycles. The summed E-state index contributed by atoms with van der Waals surface area (Å²) in [5, 5.41) is 3.26. The van der Waals surface area contributed by atoms with Crippen LogP contribution in [-0.4, -0.2) is 6.54 Å². The van der Waals surface area contributed by atoms with Gasteiger partial charge in [-0.15, -0.1) is 0 Å². The van der Waals surface area contributed by atoms with Gasteiger partial charge in [-0.1, -0.05) is 46.5 Å². The fourth-order valence-electron chi connectivity index (χ4n) is 2.67. The second kappa shape index (κ2) is 9.08. The fraction of sp³-hybridized carbons (Fsp3) is 0.647. The van der Waals surface area contributed by atoms with Gasteiger partial charge in [0.2, 0.25) is 0 Å². The highest BCUT2D eigenvalue weighted by Crippen LogP contribution is 2.28. The number of nitrogens with one attached hydrogen (secondary N) is 1. The molecule has 1 rings (SSSR count). The summed E-state index contributed by atoms with van der Waals surface area (Å²) in [6.07, 6.45) is 5.26. The Morgan fingerprint density at radius 2 is 1.67 bits per heavy atom. The van der Waals surface area contributed by atoms with Crippen LogP contribution in [0.4, 0.5) is 13.2 Å². The SMILES string of the molecule is CCCCC(CC)CC(NCC)c1cc(F)c(F)c(F)c1. The third kappa shape index (κ3) is 5.34. The molecule has 1 N–H and O–H groups in total. The van der Waals surface area contributed by atoms with E-state index in [0.29, 0.717) is 18.0 Å². The van der Waals surface area contributed by atoms with Crippen LogP contribution < -0.4 is 5.32 Å². The molecule has 0 aliphatic heterocycles. The molecule has 0 heterocycles. The van der Waals surface area contributed by atoms with Gasteiger partial charge >= 0.3 is 0 Å². The minimum atomic E-state index is -1.40. The zero-order valence-corrected chi connectivity index (χ0v) is 13.2. The summed E-state index contributed by atoms with van der Waals surface area (Å²) >= 11 is 0. The van der Waals surface area contributed by atoms with Crippen molar-refractivity contribution in [2.75, 3.05) is 6.54 Å². The van der Waals surface area contributed by atoms with Gasteiger partial charge in [-0.25, -0.2) is 13.2 Å². The molecule has 2 unspecified atom stereocenters. The van der Waals surface area contributed by atoms with Gasteiger partial charge in [-0.05, 0) is 36.6 Å². The second-order valence-electron chi connectivity index (χ2n) is 5.56. The first-order valence-electron chi connectivity index (χ1n) is 7.91. The monoisotopic (exact) mass is 301 g/mol. The molecule has 0 amide bonds. The zero-order chi connectivity index (χ0) is 15.8. The number of rotatable bonds is 9. The second-order valence-corrected chi connectivity index (χ2v) is 5.56. The maximum absolute atomic E-state index is 13.4. The largest absolute Gasteiger partial charge is 0.310 e. The summed E-state index contributed by atoms with van der Waals surface area (Å²) in [5.41, 5.74) is 0.489. The van der Waals surface area contributed by atoms with Gasteiger partial charge in [-0.3, -0.25) is 0 Å². The van der Waals surface area contributed by atoms with Crippen LogP contribution >= 0.6 is 0 Å². The maximum atomic E-state index is 13.4. The Kier molecular flexibility index (Phi) is 7.79. The summed E-state index contributed by atoms with van der Waals surface area (Å²) in [6, 6.07) is 2.08. The molecule has 1 aromatic rings. The Morgan fingerprint density at radius 3 is 2.14 bits per heavy atom.